The van der Waals surface area contributed by atoms with Crippen LogP contribution in [0.25, 0.3) is 0 Å². The summed E-state index contributed by atoms with van der Waals surface area (Å²) in [7, 11) is 3.48. The van der Waals surface area contributed by atoms with Crippen molar-refractivity contribution in [3.05, 3.63) is 29.3 Å². The molecule has 0 saturated carbocycles. The molecule has 1 fully saturated rings. The molecular weight excluding hydrogens is 292 g/mol. The predicted molar refractivity (Wildman–Crippen MR) is 91.5 cm³/mol. The van der Waals surface area contributed by atoms with Gasteiger partial charge in [-0.05, 0) is 25.0 Å². The third-order valence-electron chi connectivity index (χ3n) is 4.17. The molecule has 1 saturated heterocycles. The van der Waals surface area contributed by atoms with E-state index in [9.17, 15) is 9.59 Å². The van der Waals surface area contributed by atoms with E-state index >= 15 is 0 Å². The van der Waals surface area contributed by atoms with Crippen LogP contribution in [-0.2, 0) is 9.59 Å². The summed E-state index contributed by atoms with van der Waals surface area (Å²) in [5.41, 5.74) is 2.95. The molecule has 0 bridgehead atoms. The summed E-state index contributed by atoms with van der Waals surface area (Å²) in [6.07, 6.45) is 0. The molecule has 126 valence electrons. The van der Waals surface area contributed by atoms with Crippen molar-refractivity contribution in [1.29, 1.82) is 0 Å². The third kappa shape index (κ3) is 4.30. The fourth-order valence-corrected chi connectivity index (χ4v) is 2.85. The molecule has 23 heavy (non-hydrogen) atoms. The minimum Gasteiger partial charge on any atom is -0.347 e. The molecule has 2 N–H and O–H groups in total. The number of anilines is 1. The van der Waals surface area contributed by atoms with E-state index in [-0.39, 0.29) is 24.4 Å². The molecule has 0 aliphatic carbocycles. The fraction of sp³-hybridized carbons (Fsp3) is 0.529. The Morgan fingerprint density at radius 3 is 2.57 bits per heavy atom. The second-order valence-electron chi connectivity index (χ2n) is 6.24. The van der Waals surface area contributed by atoms with Gasteiger partial charge in [-0.25, -0.2) is 0 Å². The number of benzene rings is 1. The first-order chi connectivity index (χ1) is 10.9. The smallest absolute Gasteiger partial charge is 0.240 e. The fourth-order valence-electron chi connectivity index (χ4n) is 2.85. The van der Waals surface area contributed by atoms with E-state index in [0.717, 1.165) is 23.4 Å². The molecule has 1 aliphatic rings. The van der Waals surface area contributed by atoms with Gasteiger partial charge < -0.3 is 15.5 Å². The molecule has 0 aromatic heterocycles. The van der Waals surface area contributed by atoms with Crippen LogP contribution in [0.1, 0.15) is 11.1 Å². The monoisotopic (exact) mass is 318 g/mol. The van der Waals surface area contributed by atoms with Gasteiger partial charge in [0.1, 0.15) is 6.04 Å². The average Bonchev–Trinajstić information content (AvgIpc) is 2.51. The SMILES string of the molecule is Cc1cccc(C)c1NC(=O)CN1CCNCC1C(=O)N(C)C. The van der Waals surface area contributed by atoms with E-state index in [1.54, 1.807) is 19.0 Å². The summed E-state index contributed by atoms with van der Waals surface area (Å²) >= 11 is 0. The van der Waals surface area contributed by atoms with Crippen molar-refractivity contribution < 1.29 is 9.59 Å². The van der Waals surface area contributed by atoms with E-state index in [0.29, 0.717) is 13.1 Å². The molecule has 6 nitrogen and oxygen atoms in total. The Balaban J connectivity index is 2.04. The molecule has 0 radical (unpaired) electrons. The maximum Gasteiger partial charge on any atom is 0.240 e. The molecule has 1 unspecified atom stereocenters. The molecule has 1 aromatic rings. The molecule has 1 aromatic carbocycles. The van der Waals surface area contributed by atoms with Crippen molar-refractivity contribution in [2.75, 3.05) is 45.6 Å². The average molecular weight is 318 g/mol. The van der Waals surface area contributed by atoms with E-state index in [4.69, 9.17) is 0 Å². The zero-order valence-corrected chi connectivity index (χ0v) is 14.3. The van der Waals surface area contributed by atoms with Gasteiger partial charge in [0.05, 0.1) is 6.54 Å². The molecule has 6 heteroatoms. The first kappa shape index (κ1) is 17.4. The Labute approximate surface area is 137 Å². The van der Waals surface area contributed by atoms with Crippen LogP contribution >= 0.6 is 0 Å². The van der Waals surface area contributed by atoms with Gasteiger partial charge in [-0.15, -0.1) is 0 Å². The molecule has 0 spiro atoms. The highest BCUT2D eigenvalue weighted by atomic mass is 16.2. The summed E-state index contributed by atoms with van der Waals surface area (Å²) < 4.78 is 0. The van der Waals surface area contributed by atoms with Crippen LogP contribution in [0.4, 0.5) is 5.69 Å². The van der Waals surface area contributed by atoms with Gasteiger partial charge in [-0.3, -0.25) is 14.5 Å². The van der Waals surface area contributed by atoms with Crippen molar-refractivity contribution in [2.45, 2.75) is 19.9 Å². The Morgan fingerprint density at radius 1 is 1.30 bits per heavy atom. The van der Waals surface area contributed by atoms with Gasteiger partial charge in [0.25, 0.3) is 0 Å². The van der Waals surface area contributed by atoms with Crippen LogP contribution in [0, 0.1) is 13.8 Å². The lowest BCUT2D eigenvalue weighted by Gasteiger charge is -2.35. The van der Waals surface area contributed by atoms with E-state index in [1.807, 2.05) is 36.9 Å². The van der Waals surface area contributed by atoms with Crippen molar-refractivity contribution in [1.82, 2.24) is 15.1 Å². The second kappa shape index (κ2) is 7.57. The largest absolute Gasteiger partial charge is 0.347 e. The molecule has 1 aliphatic heterocycles. The zero-order chi connectivity index (χ0) is 17.0. The number of carbonyl (C=O) groups excluding carboxylic acids is 2. The highest BCUT2D eigenvalue weighted by Gasteiger charge is 2.30. The number of hydrogen-bond acceptors (Lipinski definition) is 4. The molecule has 1 atom stereocenters. The van der Waals surface area contributed by atoms with Gasteiger partial charge in [-0.2, -0.15) is 0 Å². The lowest BCUT2D eigenvalue weighted by Crippen LogP contribution is -2.59. The first-order valence-electron chi connectivity index (χ1n) is 7.92. The highest BCUT2D eigenvalue weighted by molar-refractivity contribution is 5.94. The zero-order valence-electron chi connectivity index (χ0n) is 14.3. The highest BCUT2D eigenvalue weighted by Crippen LogP contribution is 2.19. The third-order valence-corrected chi connectivity index (χ3v) is 4.17. The minimum atomic E-state index is -0.289. The van der Waals surface area contributed by atoms with Crippen LogP contribution < -0.4 is 10.6 Å². The first-order valence-corrected chi connectivity index (χ1v) is 7.92. The minimum absolute atomic E-state index is 0.0251. The van der Waals surface area contributed by atoms with Crippen LogP contribution in [-0.4, -0.2) is 67.9 Å². The summed E-state index contributed by atoms with van der Waals surface area (Å²) in [5, 5.41) is 6.21. The van der Waals surface area contributed by atoms with E-state index in [2.05, 4.69) is 10.6 Å². The lowest BCUT2D eigenvalue weighted by molar-refractivity contribution is -0.135. The number of para-hydroxylation sites is 1. The number of nitrogens with zero attached hydrogens (tertiary/aromatic N) is 2. The van der Waals surface area contributed by atoms with Crippen molar-refractivity contribution in [3.8, 4) is 0 Å². The van der Waals surface area contributed by atoms with Crippen molar-refractivity contribution in [2.24, 2.45) is 0 Å². The number of hydrogen-bond donors (Lipinski definition) is 2. The van der Waals surface area contributed by atoms with Crippen molar-refractivity contribution >= 4 is 17.5 Å². The van der Waals surface area contributed by atoms with E-state index < -0.39 is 0 Å². The Hall–Kier alpha value is -1.92. The van der Waals surface area contributed by atoms with Crippen molar-refractivity contribution in [3.63, 3.8) is 0 Å². The Bertz CT molecular complexity index is 566. The van der Waals surface area contributed by atoms with Crippen LogP contribution in [0.15, 0.2) is 18.2 Å². The number of likely N-dealkylation sites (N-methyl/N-ethyl adjacent to an activating group) is 1. The van der Waals surface area contributed by atoms with Crippen LogP contribution in [0.5, 0.6) is 0 Å². The van der Waals surface area contributed by atoms with Crippen LogP contribution in [0.3, 0.4) is 0 Å². The van der Waals surface area contributed by atoms with Gasteiger partial charge >= 0.3 is 0 Å². The molecule has 2 rings (SSSR count). The summed E-state index contributed by atoms with van der Waals surface area (Å²) in [6.45, 7) is 6.23. The number of nitrogens with one attached hydrogen (secondary N) is 2. The second-order valence-corrected chi connectivity index (χ2v) is 6.24. The number of aryl methyl sites for hydroxylation is 2. The van der Waals surface area contributed by atoms with Gasteiger partial charge in [0, 0.05) is 39.4 Å². The van der Waals surface area contributed by atoms with Gasteiger partial charge in [-0.1, -0.05) is 18.2 Å². The number of amides is 2. The normalized spacial score (nSPS) is 18.5. The molecule has 2 amide bonds. The Kier molecular flexibility index (Phi) is 5.74. The van der Waals surface area contributed by atoms with E-state index in [1.165, 1.54) is 0 Å². The molecule has 1 heterocycles. The van der Waals surface area contributed by atoms with Gasteiger partial charge in [0.15, 0.2) is 0 Å². The topological polar surface area (TPSA) is 64.7 Å². The summed E-state index contributed by atoms with van der Waals surface area (Å²) in [5.74, 6) is -0.0575. The van der Waals surface area contributed by atoms with Crippen LogP contribution in [0.2, 0.25) is 0 Å². The maximum atomic E-state index is 12.4. The number of piperazine rings is 1. The number of rotatable bonds is 4. The predicted octanol–water partition coefficient (Wildman–Crippen LogP) is 0.604. The molecular formula is C17H26N4O2. The lowest BCUT2D eigenvalue weighted by atomic mass is 10.1. The maximum absolute atomic E-state index is 12.4. The summed E-state index contributed by atoms with van der Waals surface area (Å²) in [4.78, 5) is 28.2. The quantitative estimate of drug-likeness (QED) is 0.853. The van der Waals surface area contributed by atoms with Gasteiger partial charge in [0.2, 0.25) is 11.8 Å². The summed E-state index contributed by atoms with van der Waals surface area (Å²) in [6, 6.07) is 5.64. The Morgan fingerprint density at radius 2 is 1.96 bits per heavy atom. The standard InChI is InChI=1S/C17H26N4O2/c1-12-6-5-7-13(2)16(12)19-15(22)11-21-9-8-18-10-14(21)17(23)20(3)4/h5-7,14,18H,8-11H2,1-4H3,(H,19,22). The number of carbonyl (C=O) groups is 2.